The number of anilines is 2. The number of benzene rings is 1. The van der Waals surface area contributed by atoms with Crippen molar-refractivity contribution in [3.8, 4) is 0 Å². The highest BCUT2D eigenvalue weighted by molar-refractivity contribution is 5.95. The maximum absolute atomic E-state index is 14.3. The van der Waals surface area contributed by atoms with E-state index < -0.39 is 5.82 Å². The molecule has 0 aliphatic carbocycles. The minimum atomic E-state index is -0.412. The lowest BCUT2D eigenvalue weighted by atomic mass is 9.99. The number of halogens is 1. The fourth-order valence-electron chi connectivity index (χ4n) is 3.89. The highest BCUT2D eigenvalue weighted by atomic mass is 19.1. The SMILES string of the molecule is CC(=O)N1CCCC[C@H]1CC(=O)Nc1c(F)cccc1N1CCCC1. The number of carbonyl (C=O) groups excluding carboxylic acids is 2. The van der Waals surface area contributed by atoms with E-state index in [1.807, 2.05) is 6.07 Å². The van der Waals surface area contributed by atoms with Crippen molar-refractivity contribution in [1.82, 2.24) is 4.90 Å². The first-order valence-corrected chi connectivity index (χ1v) is 9.17. The summed E-state index contributed by atoms with van der Waals surface area (Å²) in [5, 5.41) is 2.77. The summed E-state index contributed by atoms with van der Waals surface area (Å²) < 4.78 is 14.3. The molecule has 0 bridgehead atoms. The average molecular weight is 347 g/mol. The van der Waals surface area contributed by atoms with Crippen LogP contribution >= 0.6 is 0 Å². The van der Waals surface area contributed by atoms with Gasteiger partial charge in [0.2, 0.25) is 11.8 Å². The van der Waals surface area contributed by atoms with Crippen LogP contribution in [0.3, 0.4) is 0 Å². The highest BCUT2D eigenvalue weighted by Crippen LogP contribution is 2.31. The molecule has 1 N–H and O–H groups in total. The summed E-state index contributed by atoms with van der Waals surface area (Å²) in [5.41, 5.74) is 1.01. The monoisotopic (exact) mass is 347 g/mol. The van der Waals surface area contributed by atoms with E-state index in [0.717, 1.165) is 50.9 Å². The van der Waals surface area contributed by atoms with Crippen molar-refractivity contribution in [3.05, 3.63) is 24.0 Å². The molecule has 1 atom stereocenters. The molecule has 2 aliphatic rings. The molecule has 5 nitrogen and oxygen atoms in total. The van der Waals surface area contributed by atoms with E-state index >= 15 is 0 Å². The van der Waals surface area contributed by atoms with Crippen molar-refractivity contribution < 1.29 is 14.0 Å². The van der Waals surface area contributed by atoms with Gasteiger partial charge in [-0.2, -0.15) is 0 Å². The fraction of sp³-hybridized carbons (Fsp3) is 0.579. The van der Waals surface area contributed by atoms with E-state index in [9.17, 15) is 14.0 Å². The van der Waals surface area contributed by atoms with Crippen LogP contribution in [0, 0.1) is 5.82 Å². The number of hydrogen-bond donors (Lipinski definition) is 1. The van der Waals surface area contributed by atoms with E-state index in [-0.39, 0.29) is 30.0 Å². The molecule has 1 aromatic carbocycles. The Morgan fingerprint density at radius 2 is 1.88 bits per heavy atom. The van der Waals surface area contributed by atoms with Crippen LogP contribution < -0.4 is 10.2 Å². The molecule has 0 spiro atoms. The van der Waals surface area contributed by atoms with Gasteiger partial charge in [-0.25, -0.2) is 4.39 Å². The van der Waals surface area contributed by atoms with Gasteiger partial charge in [-0.05, 0) is 44.2 Å². The highest BCUT2D eigenvalue weighted by Gasteiger charge is 2.27. The number of piperidine rings is 1. The molecule has 2 heterocycles. The van der Waals surface area contributed by atoms with E-state index in [2.05, 4.69) is 10.2 Å². The number of carbonyl (C=O) groups is 2. The third kappa shape index (κ3) is 4.11. The summed E-state index contributed by atoms with van der Waals surface area (Å²) in [4.78, 5) is 28.2. The molecule has 3 rings (SSSR count). The Bertz CT molecular complexity index is 644. The van der Waals surface area contributed by atoms with Crippen LogP contribution in [0.2, 0.25) is 0 Å². The van der Waals surface area contributed by atoms with Gasteiger partial charge in [-0.1, -0.05) is 6.07 Å². The number of nitrogens with zero attached hydrogens (tertiary/aromatic N) is 2. The number of likely N-dealkylation sites (tertiary alicyclic amines) is 1. The molecule has 2 fully saturated rings. The second-order valence-corrected chi connectivity index (χ2v) is 6.94. The molecular weight excluding hydrogens is 321 g/mol. The van der Waals surface area contributed by atoms with Crippen molar-refractivity contribution in [1.29, 1.82) is 0 Å². The first-order chi connectivity index (χ1) is 12.1. The van der Waals surface area contributed by atoms with Crippen LogP contribution in [-0.2, 0) is 9.59 Å². The third-order valence-corrected chi connectivity index (χ3v) is 5.16. The Morgan fingerprint density at radius 1 is 1.16 bits per heavy atom. The molecule has 136 valence electrons. The zero-order chi connectivity index (χ0) is 17.8. The molecule has 2 amide bonds. The fourth-order valence-corrected chi connectivity index (χ4v) is 3.89. The smallest absolute Gasteiger partial charge is 0.226 e. The lowest BCUT2D eigenvalue weighted by Crippen LogP contribution is -2.44. The Balaban J connectivity index is 1.71. The van der Waals surface area contributed by atoms with Gasteiger partial charge < -0.3 is 15.1 Å². The average Bonchev–Trinajstić information content (AvgIpc) is 3.11. The van der Waals surface area contributed by atoms with Crippen LogP contribution in [0.25, 0.3) is 0 Å². The van der Waals surface area contributed by atoms with Crippen LogP contribution in [0.1, 0.15) is 45.4 Å². The Labute approximate surface area is 148 Å². The molecular formula is C19H26FN3O2. The summed E-state index contributed by atoms with van der Waals surface area (Å²) in [7, 11) is 0. The van der Waals surface area contributed by atoms with Crippen LogP contribution in [-0.4, -0.2) is 42.4 Å². The minimum Gasteiger partial charge on any atom is -0.370 e. The van der Waals surface area contributed by atoms with E-state index in [0.29, 0.717) is 6.54 Å². The maximum atomic E-state index is 14.3. The lowest BCUT2D eigenvalue weighted by Gasteiger charge is -2.34. The zero-order valence-electron chi connectivity index (χ0n) is 14.8. The van der Waals surface area contributed by atoms with E-state index in [1.54, 1.807) is 17.9 Å². The summed E-state index contributed by atoms with van der Waals surface area (Å²) in [6.07, 6.45) is 5.19. The molecule has 0 aromatic heterocycles. The molecule has 6 heteroatoms. The number of rotatable bonds is 4. The minimum absolute atomic E-state index is 0.00106. The van der Waals surface area contributed by atoms with Gasteiger partial charge in [-0.3, -0.25) is 9.59 Å². The molecule has 0 saturated carbocycles. The van der Waals surface area contributed by atoms with Crippen LogP contribution in [0.15, 0.2) is 18.2 Å². The Hall–Kier alpha value is -2.11. The topological polar surface area (TPSA) is 52.7 Å². The number of nitrogens with one attached hydrogen (secondary N) is 1. The van der Waals surface area contributed by atoms with Gasteiger partial charge in [0.15, 0.2) is 0 Å². The van der Waals surface area contributed by atoms with Gasteiger partial charge in [-0.15, -0.1) is 0 Å². The van der Waals surface area contributed by atoms with Gasteiger partial charge in [0.1, 0.15) is 11.5 Å². The standard InChI is InChI=1S/C19H26FN3O2/c1-14(24)23-12-3-2-7-15(23)13-18(25)21-19-16(20)8-6-9-17(19)22-10-4-5-11-22/h6,8-9,15H,2-5,7,10-13H2,1H3,(H,21,25)/t15-/m0/s1. The van der Waals surface area contributed by atoms with Crippen LogP contribution in [0.4, 0.5) is 15.8 Å². The zero-order valence-corrected chi connectivity index (χ0v) is 14.8. The summed E-state index contributed by atoms with van der Waals surface area (Å²) in [6.45, 7) is 4.00. The van der Waals surface area contributed by atoms with Crippen molar-refractivity contribution >= 4 is 23.2 Å². The van der Waals surface area contributed by atoms with Gasteiger partial charge in [0, 0.05) is 39.0 Å². The second-order valence-electron chi connectivity index (χ2n) is 6.94. The van der Waals surface area contributed by atoms with Crippen LogP contribution in [0.5, 0.6) is 0 Å². The molecule has 2 saturated heterocycles. The first-order valence-electron chi connectivity index (χ1n) is 9.17. The molecule has 2 aliphatic heterocycles. The van der Waals surface area contributed by atoms with E-state index in [4.69, 9.17) is 0 Å². The normalized spacial score (nSPS) is 20.6. The maximum Gasteiger partial charge on any atom is 0.226 e. The predicted molar refractivity (Wildman–Crippen MR) is 96.1 cm³/mol. The van der Waals surface area contributed by atoms with Gasteiger partial charge >= 0.3 is 0 Å². The van der Waals surface area contributed by atoms with Gasteiger partial charge in [0.05, 0.1) is 5.69 Å². The summed E-state index contributed by atoms with van der Waals surface area (Å²) in [6, 6.07) is 4.81. The van der Waals surface area contributed by atoms with Crippen molar-refractivity contribution in [2.24, 2.45) is 0 Å². The number of amides is 2. The van der Waals surface area contributed by atoms with Gasteiger partial charge in [0.25, 0.3) is 0 Å². The molecule has 1 aromatic rings. The summed E-state index contributed by atoms with van der Waals surface area (Å²) >= 11 is 0. The van der Waals surface area contributed by atoms with Crippen molar-refractivity contribution in [3.63, 3.8) is 0 Å². The van der Waals surface area contributed by atoms with Crippen molar-refractivity contribution in [2.45, 2.75) is 51.5 Å². The Kier molecular flexibility index (Phi) is 5.56. The Morgan fingerprint density at radius 3 is 2.60 bits per heavy atom. The quantitative estimate of drug-likeness (QED) is 0.910. The number of hydrogen-bond acceptors (Lipinski definition) is 3. The second kappa shape index (κ2) is 7.85. The summed E-state index contributed by atoms with van der Waals surface area (Å²) in [5.74, 6) is -0.644. The first kappa shape index (κ1) is 17.7. The third-order valence-electron chi connectivity index (χ3n) is 5.16. The predicted octanol–water partition coefficient (Wildman–Crippen LogP) is 3.16. The molecule has 0 radical (unpaired) electrons. The largest absolute Gasteiger partial charge is 0.370 e. The number of para-hydroxylation sites is 1. The molecule has 0 unspecified atom stereocenters. The lowest BCUT2D eigenvalue weighted by molar-refractivity contribution is -0.133. The van der Waals surface area contributed by atoms with Crippen molar-refractivity contribution in [2.75, 3.05) is 29.9 Å². The van der Waals surface area contributed by atoms with E-state index in [1.165, 1.54) is 6.07 Å². The molecule has 25 heavy (non-hydrogen) atoms.